The lowest BCUT2D eigenvalue weighted by molar-refractivity contribution is 0.271. The fourth-order valence-electron chi connectivity index (χ4n) is 2.39. The van der Waals surface area contributed by atoms with Gasteiger partial charge in [0, 0.05) is 0 Å². The van der Waals surface area contributed by atoms with Crippen molar-refractivity contribution in [2.24, 2.45) is 5.92 Å². The van der Waals surface area contributed by atoms with Crippen LogP contribution in [0.1, 0.15) is 44.7 Å². The first-order valence-electron chi connectivity index (χ1n) is 7.48. The van der Waals surface area contributed by atoms with Gasteiger partial charge in [0.1, 0.15) is 5.75 Å². The van der Waals surface area contributed by atoms with E-state index >= 15 is 0 Å². The van der Waals surface area contributed by atoms with Gasteiger partial charge < -0.3 is 9.47 Å². The Hall–Kier alpha value is -1.02. The highest BCUT2D eigenvalue weighted by Gasteiger charge is 2.36. The Morgan fingerprint density at radius 1 is 1.26 bits per heavy atom. The zero-order chi connectivity index (χ0) is 13.8. The lowest BCUT2D eigenvalue weighted by atomic mass is 10.0. The van der Waals surface area contributed by atoms with Crippen molar-refractivity contribution >= 4 is 0 Å². The molecule has 0 amide bonds. The van der Waals surface area contributed by atoms with E-state index in [1.807, 2.05) is 0 Å². The lowest BCUT2D eigenvalue weighted by Crippen LogP contribution is -2.05. The molecule has 0 saturated carbocycles. The van der Waals surface area contributed by atoms with Crippen LogP contribution in [0.5, 0.6) is 5.75 Å². The second-order valence-corrected chi connectivity index (χ2v) is 5.95. The third-order valence-corrected chi connectivity index (χ3v) is 3.69. The minimum absolute atomic E-state index is 0.501. The molecule has 106 valence electrons. The molecule has 0 aliphatic carbocycles. The largest absolute Gasteiger partial charge is 0.493 e. The van der Waals surface area contributed by atoms with Crippen LogP contribution in [0.15, 0.2) is 18.2 Å². The molecule has 0 aromatic heterocycles. The van der Waals surface area contributed by atoms with E-state index in [0.717, 1.165) is 31.6 Å². The SMILES string of the molecule is CCC1OC1CCc1ccc(OCC(C)C)cc1C. The zero-order valence-electron chi connectivity index (χ0n) is 12.6. The topological polar surface area (TPSA) is 21.8 Å². The number of epoxide rings is 1. The highest BCUT2D eigenvalue weighted by molar-refractivity contribution is 5.35. The predicted molar refractivity (Wildman–Crippen MR) is 78.8 cm³/mol. The van der Waals surface area contributed by atoms with Crippen LogP contribution in [0.2, 0.25) is 0 Å². The molecule has 1 fully saturated rings. The summed E-state index contributed by atoms with van der Waals surface area (Å²) in [7, 11) is 0. The fourth-order valence-corrected chi connectivity index (χ4v) is 2.39. The molecule has 2 nitrogen and oxygen atoms in total. The van der Waals surface area contributed by atoms with Crippen molar-refractivity contribution in [2.75, 3.05) is 6.61 Å². The fraction of sp³-hybridized carbons (Fsp3) is 0.647. The van der Waals surface area contributed by atoms with Gasteiger partial charge in [-0.25, -0.2) is 0 Å². The third-order valence-electron chi connectivity index (χ3n) is 3.69. The zero-order valence-corrected chi connectivity index (χ0v) is 12.6. The quantitative estimate of drug-likeness (QED) is 0.689. The molecule has 0 spiro atoms. The smallest absolute Gasteiger partial charge is 0.119 e. The van der Waals surface area contributed by atoms with Gasteiger partial charge in [-0.1, -0.05) is 26.8 Å². The van der Waals surface area contributed by atoms with Crippen LogP contribution in [-0.4, -0.2) is 18.8 Å². The maximum atomic E-state index is 5.75. The molecular weight excluding hydrogens is 236 g/mol. The van der Waals surface area contributed by atoms with Crippen LogP contribution >= 0.6 is 0 Å². The predicted octanol–water partition coefficient (Wildman–Crippen LogP) is 4.14. The van der Waals surface area contributed by atoms with Crippen molar-refractivity contribution < 1.29 is 9.47 Å². The van der Waals surface area contributed by atoms with Gasteiger partial charge in [-0.3, -0.25) is 0 Å². The van der Waals surface area contributed by atoms with Crippen LogP contribution in [0, 0.1) is 12.8 Å². The minimum Gasteiger partial charge on any atom is -0.493 e. The van der Waals surface area contributed by atoms with E-state index in [4.69, 9.17) is 9.47 Å². The first-order chi connectivity index (χ1) is 9.10. The molecular formula is C17H26O2. The molecule has 1 aromatic carbocycles. The first kappa shape index (κ1) is 14.4. The molecule has 1 aromatic rings. The second kappa shape index (κ2) is 6.42. The van der Waals surface area contributed by atoms with Gasteiger partial charge in [-0.15, -0.1) is 0 Å². The highest BCUT2D eigenvalue weighted by Crippen LogP contribution is 2.30. The normalized spacial score (nSPS) is 21.7. The number of ether oxygens (including phenoxy) is 2. The van der Waals surface area contributed by atoms with E-state index in [0.29, 0.717) is 18.1 Å². The van der Waals surface area contributed by atoms with Gasteiger partial charge in [0.2, 0.25) is 0 Å². The van der Waals surface area contributed by atoms with Crippen molar-refractivity contribution in [3.8, 4) is 5.75 Å². The average molecular weight is 262 g/mol. The Morgan fingerprint density at radius 3 is 2.63 bits per heavy atom. The summed E-state index contributed by atoms with van der Waals surface area (Å²) in [6, 6.07) is 6.45. The molecule has 2 rings (SSSR count). The van der Waals surface area contributed by atoms with E-state index in [1.165, 1.54) is 11.1 Å². The summed E-state index contributed by atoms with van der Waals surface area (Å²) in [6.07, 6.45) is 4.42. The summed E-state index contributed by atoms with van der Waals surface area (Å²) in [5.41, 5.74) is 2.75. The monoisotopic (exact) mass is 262 g/mol. The Bertz CT molecular complexity index is 412. The molecule has 1 saturated heterocycles. The molecule has 2 atom stereocenters. The van der Waals surface area contributed by atoms with Crippen LogP contribution < -0.4 is 4.74 Å². The standard InChI is InChI=1S/C17H26O2/c1-5-16-17(19-16)9-7-14-6-8-15(10-13(14)4)18-11-12(2)3/h6,8,10,12,16-17H,5,7,9,11H2,1-4H3. The molecule has 2 heteroatoms. The Kier molecular flexibility index (Phi) is 4.87. The summed E-state index contributed by atoms with van der Waals surface area (Å²) >= 11 is 0. The Morgan fingerprint density at radius 2 is 2.05 bits per heavy atom. The second-order valence-electron chi connectivity index (χ2n) is 5.95. The summed E-state index contributed by atoms with van der Waals surface area (Å²) in [6.45, 7) is 9.48. The van der Waals surface area contributed by atoms with Gasteiger partial charge in [0.05, 0.1) is 18.8 Å². The van der Waals surface area contributed by atoms with Crippen LogP contribution in [-0.2, 0) is 11.2 Å². The number of aryl methyl sites for hydroxylation is 2. The van der Waals surface area contributed by atoms with Crippen molar-refractivity contribution in [3.05, 3.63) is 29.3 Å². The van der Waals surface area contributed by atoms with Gasteiger partial charge in [-0.05, 0) is 55.4 Å². The van der Waals surface area contributed by atoms with E-state index in [2.05, 4.69) is 45.9 Å². The average Bonchev–Trinajstić information content (AvgIpc) is 3.14. The van der Waals surface area contributed by atoms with Crippen LogP contribution in [0.4, 0.5) is 0 Å². The van der Waals surface area contributed by atoms with Crippen LogP contribution in [0.3, 0.4) is 0 Å². The highest BCUT2D eigenvalue weighted by atomic mass is 16.6. The van der Waals surface area contributed by atoms with E-state index in [1.54, 1.807) is 0 Å². The van der Waals surface area contributed by atoms with Crippen molar-refractivity contribution in [3.63, 3.8) is 0 Å². The van der Waals surface area contributed by atoms with E-state index in [-0.39, 0.29) is 0 Å². The third kappa shape index (κ3) is 4.24. The first-order valence-corrected chi connectivity index (χ1v) is 7.48. The maximum absolute atomic E-state index is 5.75. The van der Waals surface area contributed by atoms with Crippen LogP contribution in [0.25, 0.3) is 0 Å². The molecule has 19 heavy (non-hydrogen) atoms. The molecule has 1 heterocycles. The molecule has 1 aliphatic heterocycles. The number of hydrogen-bond acceptors (Lipinski definition) is 2. The summed E-state index contributed by atoms with van der Waals surface area (Å²) in [4.78, 5) is 0. The molecule has 2 unspecified atom stereocenters. The number of hydrogen-bond donors (Lipinski definition) is 0. The molecule has 0 N–H and O–H groups in total. The summed E-state index contributed by atoms with van der Waals surface area (Å²) in [5, 5.41) is 0. The van der Waals surface area contributed by atoms with E-state index < -0.39 is 0 Å². The Balaban J connectivity index is 1.84. The number of benzene rings is 1. The summed E-state index contributed by atoms with van der Waals surface area (Å²) in [5.74, 6) is 1.56. The van der Waals surface area contributed by atoms with Gasteiger partial charge in [-0.2, -0.15) is 0 Å². The van der Waals surface area contributed by atoms with Gasteiger partial charge in [0.25, 0.3) is 0 Å². The van der Waals surface area contributed by atoms with Gasteiger partial charge >= 0.3 is 0 Å². The van der Waals surface area contributed by atoms with Crippen molar-refractivity contribution in [2.45, 2.75) is 59.2 Å². The van der Waals surface area contributed by atoms with Crippen molar-refractivity contribution in [1.82, 2.24) is 0 Å². The molecule has 0 radical (unpaired) electrons. The van der Waals surface area contributed by atoms with E-state index in [9.17, 15) is 0 Å². The summed E-state index contributed by atoms with van der Waals surface area (Å²) < 4.78 is 11.3. The molecule has 1 aliphatic rings. The Labute approximate surface area is 117 Å². The van der Waals surface area contributed by atoms with Gasteiger partial charge in [0.15, 0.2) is 0 Å². The minimum atomic E-state index is 0.501. The number of rotatable bonds is 7. The maximum Gasteiger partial charge on any atom is 0.119 e. The molecule has 0 bridgehead atoms. The van der Waals surface area contributed by atoms with Crippen molar-refractivity contribution in [1.29, 1.82) is 0 Å². The lowest BCUT2D eigenvalue weighted by Gasteiger charge is -2.11.